The van der Waals surface area contributed by atoms with Gasteiger partial charge in [0.1, 0.15) is 0 Å². The highest BCUT2D eigenvalue weighted by Crippen LogP contribution is 2.20. The molecule has 4 nitrogen and oxygen atoms in total. The van der Waals surface area contributed by atoms with Crippen LogP contribution < -0.4 is 5.32 Å². The quantitative estimate of drug-likeness (QED) is 0.593. The topological polar surface area (TPSA) is 49.4 Å². The Morgan fingerprint density at radius 2 is 2.14 bits per heavy atom. The van der Waals surface area contributed by atoms with E-state index < -0.39 is 0 Å². The second-order valence-corrected chi connectivity index (χ2v) is 3.75. The smallest absolute Gasteiger partial charge is 0.239 e. The first-order chi connectivity index (χ1) is 6.77. The molecule has 4 heteroatoms. The molecule has 1 saturated heterocycles. The molecular weight excluding hydrogens is 180 g/mol. The molecule has 1 aliphatic carbocycles. The maximum atomic E-state index is 11.9. The van der Waals surface area contributed by atoms with Gasteiger partial charge in [-0.3, -0.25) is 9.59 Å². The lowest BCUT2D eigenvalue weighted by Gasteiger charge is -2.28. The molecule has 0 spiro atoms. The Hall–Kier alpha value is -1.32. The van der Waals surface area contributed by atoms with Crippen molar-refractivity contribution in [2.75, 3.05) is 19.6 Å². The first-order valence-electron chi connectivity index (χ1n) is 4.98. The summed E-state index contributed by atoms with van der Waals surface area (Å²) in [5.41, 5.74) is 0. The predicted molar refractivity (Wildman–Crippen MR) is 51.5 cm³/mol. The van der Waals surface area contributed by atoms with Crippen LogP contribution in [0.1, 0.15) is 12.8 Å². The van der Waals surface area contributed by atoms with Gasteiger partial charge < -0.3 is 10.2 Å². The molecular formula is C10H14N2O2. The third kappa shape index (κ3) is 1.78. The highest BCUT2D eigenvalue weighted by atomic mass is 16.2. The van der Waals surface area contributed by atoms with E-state index in [4.69, 9.17) is 0 Å². The van der Waals surface area contributed by atoms with E-state index in [9.17, 15) is 9.59 Å². The molecule has 1 fully saturated rings. The van der Waals surface area contributed by atoms with Gasteiger partial charge in [0.25, 0.3) is 0 Å². The standard InChI is InChI=1S/C10H14N2O2/c13-9-7-12(6-5-11-9)10(14)8-3-1-2-4-8/h1-2,8H,3-7H2,(H,11,13). The largest absolute Gasteiger partial charge is 0.353 e. The SMILES string of the molecule is O=C1CN(C(=O)C2CC=CC2)CCN1. The van der Waals surface area contributed by atoms with E-state index in [0.717, 1.165) is 12.8 Å². The van der Waals surface area contributed by atoms with Crippen molar-refractivity contribution in [3.63, 3.8) is 0 Å². The summed E-state index contributed by atoms with van der Waals surface area (Å²) in [5, 5.41) is 2.71. The van der Waals surface area contributed by atoms with Gasteiger partial charge in [-0.25, -0.2) is 0 Å². The molecule has 1 heterocycles. The number of nitrogens with one attached hydrogen (secondary N) is 1. The van der Waals surface area contributed by atoms with Gasteiger partial charge in [0.05, 0.1) is 6.54 Å². The van der Waals surface area contributed by atoms with Crippen LogP contribution in [0.5, 0.6) is 0 Å². The van der Waals surface area contributed by atoms with Crippen molar-refractivity contribution in [2.24, 2.45) is 5.92 Å². The lowest BCUT2D eigenvalue weighted by Crippen LogP contribution is -2.51. The third-order valence-corrected chi connectivity index (χ3v) is 2.71. The molecule has 0 aromatic rings. The molecule has 1 N–H and O–H groups in total. The number of carbonyl (C=O) groups excluding carboxylic acids is 2. The number of carbonyl (C=O) groups is 2. The minimum absolute atomic E-state index is 0.0458. The zero-order valence-corrected chi connectivity index (χ0v) is 8.03. The summed E-state index contributed by atoms with van der Waals surface area (Å²) in [6, 6.07) is 0. The maximum Gasteiger partial charge on any atom is 0.239 e. The molecule has 76 valence electrons. The molecule has 0 saturated carbocycles. The average Bonchev–Trinajstić information content (AvgIpc) is 2.69. The Morgan fingerprint density at radius 3 is 2.79 bits per heavy atom. The van der Waals surface area contributed by atoms with Crippen molar-refractivity contribution < 1.29 is 9.59 Å². The second-order valence-electron chi connectivity index (χ2n) is 3.75. The van der Waals surface area contributed by atoms with Gasteiger partial charge in [-0.1, -0.05) is 12.2 Å². The van der Waals surface area contributed by atoms with E-state index in [1.807, 2.05) is 12.2 Å². The van der Waals surface area contributed by atoms with Crippen LogP contribution in [0.15, 0.2) is 12.2 Å². The van der Waals surface area contributed by atoms with E-state index in [1.165, 1.54) is 0 Å². The number of piperazine rings is 1. The number of amides is 2. The fourth-order valence-corrected chi connectivity index (χ4v) is 1.90. The Kier molecular flexibility index (Phi) is 2.52. The van der Waals surface area contributed by atoms with Crippen LogP contribution in [0.3, 0.4) is 0 Å². The van der Waals surface area contributed by atoms with Crippen molar-refractivity contribution in [1.29, 1.82) is 0 Å². The normalized spacial score (nSPS) is 22.6. The van der Waals surface area contributed by atoms with Crippen LogP contribution in [-0.2, 0) is 9.59 Å². The summed E-state index contributed by atoms with van der Waals surface area (Å²) < 4.78 is 0. The molecule has 0 unspecified atom stereocenters. The van der Waals surface area contributed by atoms with Crippen LogP contribution in [0.4, 0.5) is 0 Å². The molecule has 0 bridgehead atoms. The minimum atomic E-state index is -0.0458. The van der Waals surface area contributed by atoms with Gasteiger partial charge in [0, 0.05) is 19.0 Å². The van der Waals surface area contributed by atoms with Crippen LogP contribution in [-0.4, -0.2) is 36.3 Å². The van der Waals surface area contributed by atoms with E-state index in [0.29, 0.717) is 13.1 Å². The summed E-state index contributed by atoms with van der Waals surface area (Å²) in [7, 11) is 0. The van der Waals surface area contributed by atoms with Crippen LogP contribution in [0, 0.1) is 5.92 Å². The Labute approximate surface area is 83.0 Å². The third-order valence-electron chi connectivity index (χ3n) is 2.71. The van der Waals surface area contributed by atoms with Gasteiger partial charge in [0.15, 0.2) is 0 Å². The first-order valence-corrected chi connectivity index (χ1v) is 4.98. The Morgan fingerprint density at radius 1 is 1.43 bits per heavy atom. The zero-order valence-electron chi connectivity index (χ0n) is 8.03. The van der Waals surface area contributed by atoms with Crippen LogP contribution in [0.2, 0.25) is 0 Å². The number of hydrogen-bond donors (Lipinski definition) is 1. The molecule has 0 atom stereocenters. The minimum Gasteiger partial charge on any atom is -0.353 e. The fourth-order valence-electron chi connectivity index (χ4n) is 1.90. The van der Waals surface area contributed by atoms with Gasteiger partial charge in [-0.05, 0) is 12.8 Å². The van der Waals surface area contributed by atoms with Crippen LogP contribution >= 0.6 is 0 Å². The Bertz CT molecular complexity index is 278. The summed E-state index contributed by atoms with van der Waals surface area (Å²) in [4.78, 5) is 24.6. The fraction of sp³-hybridized carbons (Fsp3) is 0.600. The van der Waals surface area contributed by atoms with E-state index in [1.54, 1.807) is 4.90 Å². The molecule has 1 aliphatic heterocycles. The summed E-state index contributed by atoms with van der Waals surface area (Å²) >= 11 is 0. The molecule has 0 radical (unpaired) electrons. The molecule has 14 heavy (non-hydrogen) atoms. The second kappa shape index (κ2) is 3.82. The molecule has 2 amide bonds. The zero-order chi connectivity index (χ0) is 9.97. The van der Waals surface area contributed by atoms with E-state index in [2.05, 4.69) is 5.32 Å². The van der Waals surface area contributed by atoms with Crippen molar-refractivity contribution in [2.45, 2.75) is 12.8 Å². The van der Waals surface area contributed by atoms with Crippen LogP contribution in [0.25, 0.3) is 0 Å². The van der Waals surface area contributed by atoms with Gasteiger partial charge in [-0.2, -0.15) is 0 Å². The molecule has 2 rings (SSSR count). The molecule has 0 aromatic carbocycles. The number of rotatable bonds is 1. The Balaban J connectivity index is 1.93. The molecule has 0 aromatic heterocycles. The van der Waals surface area contributed by atoms with E-state index in [-0.39, 0.29) is 24.3 Å². The van der Waals surface area contributed by atoms with Gasteiger partial charge in [0.2, 0.25) is 11.8 Å². The van der Waals surface area contributed by atoms with Crippen molar-refractivity contribution in [1.82, 2.24) is 10.2 Å². The number of hydrogen-bond acceptors (Lipinski definition) is 2. The van der Waals surface area contributed by atoms with Crippen molar-refractivity contribution in [3.05, 3.63) is 12.2 Å². The highest BCUT2D eigenvalue weighted by Gasteiger charge is 2.27. The van der Waals surface area contributed by atoms with E-state index >= 15 is 0 Å². The first kappa shape index (κ1) is 9.24. The summed E-state index contributed by atoms with van der Waals surface area (Å²) in [6.07, 6.45) is 5.73. The number of allylic oxidation sites excluding steroid dienone is 2. The lowest BCUT2D eigenvalue weighted by atomic mass is 10.1. The predicted octanol–water partition coefficient (Wildman–Crippen LogP) is -0.0890. The van der Waals surface area contributed by atoms with Crippen molar-refractivity contribution >= 4 is 11.8 Å². The van der Waals surface area contributed by atoms with Gasteiger partial charge >= 0.3 is 0 Å². The van der Waals surface area contributed by atoms with Gasteiger partial charge in [-0.15, -0.1) is 0 Å². The van der Waals surface area contributed by atoms with Crippen molar-refractivity contribution in [3.8, 4) is 0 Å². The lowest BCUT2D eigenvalue weighted by molar-refractivity contribution is -0.141. The summed E-state index contributed by atoms with van der Waals surface area (Å²) in [6.45, 7) is 1.47. The number of nitrogens with zero attached hydrogens (tertiary/aromatic N) is 1. The average molecular weight is 194 g/mol. The molecule has 2 aliphatic rings. The summed E-state index contributed by atoms with van der Waals surface area (Å²) in [5.74, 6) is 0.168. The monoisotopic (exact) mass is 194 g/mol. The highest BCUT2D eigenvalue weighted by molar-refractivity contribution is 5.87. The maximum absolute atomic E-state index is 11.9.